The predicted octanol–water partition coefficient (Wildman–Crippen LogP) is 2.93. The van der Waals surface area contributed by atoms with Crippen molar-refractivity contribution in [3.63, 3.8) is 0 Å². The number of aromatic nitrogens is 3. The van der Waals surface area contributed by atoms with Crippen molar-refractivity contribution in [3.05, 3.63) is 53.3 Å². The van der Waals surface area contributed by atoms with Gasteiger partial charge in [0.25, 0.3) is 5.91 Å². The SMILES string of the molecule is Cc1cc(C(=O)NC2CC2)c2c(C)nn(-c3ccccc3)c2n1. The van der Waals surface area contributed by atoms with E-state index in [0.29, 0.717) is 11.6 Å². The molecular formula is C18H18N4O. The molecule has 1 amide bonds. The number of hydrogen-bond donors (Lipinski definition) is 1. The van der Waals surface area contributed by atoms with Gasteiger partial charge in [-0.1, -0.05) is 18.2 Å². The summed E-state index contributed by atoms with van der Waals surface area (Å²) in [5.41, 5.74) is 3.97. The molecule has 0 spiro atoms. The molecule has 0 bridgehead atoms. The van der Waals surface area contributed by atoms with Gasteiger partial charge in [-0.3, -0.25) is 4.79 Å². The molecular weight excluding hydrogens is 288 g/mol. The number of hydrogen-bond acceptors (Lipinski definition) is 3. The van der Waals surface area contributed by atoms with Gasteiger partial charge in [0, 0.05) is 11.7 Å². The molecule has 0 radical (unpaired) electrons. The van der Waals surface area contributed by atoms with Crippen molar-refractivity contribution in [2.24, 2.45) is 0 Å². The number of nitrogens with one attached hydrogen (secondary N) is 1. The zero-order valence-electron chi connectivity index (χ0n) is 13.2. The van der Waals surface area contributed by atoms with Crippen LogP contribution in [-0.4, -0.2) is 26.7 Å². The van der Waals surface area contributed by atoms with Gasteiger partial charge < -0.3 is 5.32 Å². The quantitative estimate of drug-likeness (QED) is 0.809. The maximum absolute atomic E-state index is 12.6. The van der Waals surface area contributed by atoms with E-state index in [2.05, 4.69) is 15.4 Å². The Morgan fingerprint density at radius 1 is 1.22 bits per heavy atom. The van der Waals surface area contributed by atoms with Crippen LogP contribution in [0.15, 0.2) is 36.4 Å². The first-order valence-corrected chi connectivity index (χ1v) is 7.87. The van der Waals surface area contributed by atoms with E-state index in [9.17, 15) is 4.79 Å². The first kappa shape index (κ1) is 13.9. The van der Waals surface area contributed by atoms with Crippen molar-refractivity contribution >= 4 is 16.9 Å². The molecule has 3 aromatic rings. The first-order chi connectivity index (χ1) is 11.1. The number of carbonyl (C=O) groups excluding carboxylic acids is 1. The molecule has 0 saturated heterocycles. The van der Waals surface area contributed by atoms with Crippen molar-refractivity contribution in [2.75, 3.05) is 0 Å². The fourth-order valence-corrected chi connectivity index (χ4v) is 2.83. The lowest BCUT2D eigenvalue weighted by Gasteiger charge is -2.07. The van der Waals surface area contributed by atoms with Gasteiger partial charge >= 0.3 is 0 Å². The van der Waals surface area contributed by atoms with Crippen LogP contribution in [0, 0.1) is 13.8 Å². The number of para-hydroxylation sites is 1. The summed E-state index contributed by atoms with van der Waals surface area (Å²) < 4.78 is 1.81. The van der Waals surface area contributed by atoms with Gasteiger partial charge in [-0.25, -0.2) is 9.67 Å². The molecule has 1 saturated carbocycles. The van der Waals surface area contributed by atoms with Crippen LogP contribution in [0.4, 0.5) is 0 Å². The largest absolute Gasteiger partial charge is 0.349 e. The van der Waals surface area contributed by atoms with Crippen molar-refractivity contribution < 1.29 is 4.79 Å². The zero-order chi connectivity index (χ0) is 16.0. The smallest absolute Gasteiger partial charge is 0.252 e. The molecule has 1 N–H and O–H groups in total. The maximum atomic E-state index is 12.6. The number of fused-ring (bicyclic) bond motifs is 1. The molecule has 4 rings (SSSR count). The van der Waals surface area contributed by atoms with Gasteiger partial charge in [0.2, 0.25) is 0 Å². The minimum absolute atomic E-state index is 0.0290. The van der Waals surface area contributed by atoms with E-state index < -0.39 is 0 Å². The van der Waals surface area contributed by atoms with Crippen LogP contribution >= 0.6 is 0 Å². The molecule has 0 unspecified atom stereocenters. The average Bonchev–Trinajstić information content (AvgIpc) is 3.30. The topological polar surface area (TPSA) is 59.8 Å². The van der Waals surface area contributed by atoms with E-state index in [-0.39, 0.29) is 5.91 Å². The van der Waals surface area contributed by atoms with E-state index in [1.165, 1.54) is 0 Å². The maximum Gasteiger partial charge on any atom is 0.252 e. The molecule has 23 heavy (non-hydrogen) atoms. The Kier molecular flexibility index (Phi) is 3.15. The summed E-state index contributed by atoms with van der Waals surface area (Å²) in [4.78, 5) is 17.2. The number of nitrogens with zero attached hydrogens (tertiary/aromatic N) is 3. The van der Waals surface area contributed by atoms with E-state index in [1.54, 1.807) is 0 Å². The van der Waals surface area contributed by atoms with Crippen LogP contribution in [0.3, 0.4) is 0 Å². The lowest BCUT2D eigenvalue weighted by Crippen LogP contribution is -2.25. The second-order valence-corrected chi connectivity index (χ2v) is 6.09. The van der Waals surface area contributed by atoms with Crippen LogP contribution in [-0.2, 0) is 0 Å². The van der Waals surface area contributed by atoms with Gasteiger partial charge in [-0.15, -0.1) is 0 Å². The van der Waals surface area contributed by atoms with E-state index >= 15 is 0 Å². The lowest BCUT2D eigenvalue weighted by atomic mass is 10.1. The molecule has 0 aliphatic heterocycles. The highest BCUT2D eigenvalue weighted by Crippen LogP contribution is 2.26. The Hall–Kier alpha value is -2.69. The molecule has 1 aliphatic carbocycles. The Balaban J connectivity index is 1.91. The van der Waals surface area contributed by atoms with Crippen LogP contribution in [0.1, 0.15) is 34.6 Å². The normalized spacial score (nSPS) is 14.2. The van der Waals surface area contributed by atoms with Crippen LogP contribution in [0.2, 0.25) is 0 Å². The summed E-state index contributed by atoms with van der Waals surface area (Å²) in [5.74, 6) is -0.0290. The fourth-order valence-electron chi connectivity index (χ4n) is 2.83. The molecule has 0 atom stereocenters. The summed E-state index contributed by atoms with van der Waals surface area (Å²) in [5, 5.41) is 8.51. The monoisotopic (exact) mass is 306 g/mol. The molecule has 1 aromatic carbocycles. The van der Waals surface area contributed by atoms with Gasteiger partial charge in [0.15, 0.2) is 5.65 Å². The number of pyridine rings is 1. The summed E-state index contributed by atoms with van der Waals surface area (Å²) in [6.45, 7) is 3.83. The van der Waals surface area contributed by atoms with E-state index in [4.69, 9.17) is 0 Å². The molecule has 2 aromatic heterocycles. The van der Waals surface area contributed by atoms with Crippen molar-refractivity contribution in [3.8, 4) is 5.69 Å². The Morgan fingerprint density at radius 2 is 1.96 bits per heavy atom. The Morgan fingerprint density at radius 3 is 2.65 bits per heavy atom. The second kappa shape index (κ2) is 5.19. The number of rotatable bonds is 3. The van der Waals surface area contributed by atoms with Crippen molar-refractivity contribution in [1.29, 1.82) is 0 Å². The number of benzene rings is 1. The highest BCUT2D eigenvalue weighted by Gasteiger charge is 2.26. The van der Waals surface area contributed by atoms with Gasteiger partial charge in [0.1, 0.15) is 0 Å². The third-order valence-electron chi connectivity index (χ3n) is 4.10. The first-order valence-electron chi connectivity index (χ1n) is 7.87. The molecule has 1 aliphatic rings. The summed E-state index contributed by atoms with van der Waals surface area (Å²) in [7, 11) is 0. The third kappa shape index (κ3) is 2.48. The molecule has 116 valence electrons. The molecule has 2 heterocycles. The lowest BCUT2D eigenvalue weighted by molar-refractivity contribution is 0.0952. The van der Waals surface area contributed by atoms with Gasteiger partial charge in [0.05, 0.1) is 22.3 Å². The van der Waals surface area contributed by atoms with Gasteiger partial charge in [-0.2, -0.15) is 5.10 Å². The Bertz CT molecular complexity index is 894. The van der Waals surface area contributed by atoms with Crippen molar-refractivity contribution in [1.82, 2.24) is 20.1 Å². The average molecular weight is 306 g/mol. The highest BCUT2D eigenvalue weighted by molar-refractivity contribution is 6.07. The van der Waals surface area contributed by atoms with Crippen LogP contribution < -0.4 is 5.32 Å². The molecule has 1 fully saturated rings. The zero-order valence-corrected chi connectivity index (χ0v) is 13.2. The van der Waals surface area contributed by atoms with E-state index in [1.807, 2.05) is 54.9 Å². The van der Waals surface area contributed by atoms with Gasteiger partial charge in [-0.05, 0) is 44.9 Å². The minimum Gasteiger partial charge on any atom is -0.349 e. The third-order valence-corrected chi connectivity index (χ3v) is 4.10. The Labute approximate surface area is 134 Å². The molecule has 5 nitrogen and oxygen atoms in total. The second-order valence-electron chi connectivity index (χ2n) is 6.09. The standard InChI is InChI=1S/C18H18N4O/c1-11-10-15(18(23)20-13-8-9-13)16-12(2)21-22(17(16)19-11)14-6-4-3-5-7-14/h3-7,10,13H,8-9H2,1-2H3,(H,20,23). The summed E-state index contributed by atoms with van der Waals surface area (Å²) >= 11 is 0. The number of amides is 1. The minimum atomic E-state index is -0.0290. The summed E-state index contributed by atoms with van der Waals surface area (Å²) in [6.07, 6.45) is 2.14. The van der Waals surface area contributed by atoms with Crippen molar-refractivity contribution in [2.45, 2.75) is 32.7 Å². The summed E-state index contributed by atoms with van der Waals surface area (Å²) in [6, 6.07) is 12.1. The highest BCUT2D eigenvalue weighted by atomic mass is 16.1. The number of aryl methyl sites for hydroxylation is 2. The van der Waals surface area contributed by atoms with Crippen LogP contribution in [0.25, 0.3) is 16.7 Å². The molecule has 5 heteroatoms. The predicted molar refractivity (Wildman–Crippen MR) is 88.8 cm³/mol. The van der Waals surface area contributed by atoms with Crippen LogP contribution in [0.5, 0.6) is 0 Å². The van der Waals surface area contributed by atoms with E-state index in [0.717, 1.165) is 41.0 Å². The fraction of sp³-hybridized carbons (Fsp3) is 0.278. The number of carbonyl (C=O) groups is 1.